The monoisotopic (exact) mass is 434 g/mol. The largest absolute Gasteiger partial charge is 0.492 e. The molecule has 1 atom stereocenters. The first-order valence-electron chi connectivity index (χ1n) is 8.00. The van der Waals surface area contributed by atoms with E-state index in [0.29, 0.717) is 6.07 Å². The van der Waals surface area contributed by atoms with Crippen molar-refractivity contribution in [1.82, 2.24) is 0 Å². The summed E-state index contributed by atoms with van der Waals surface area (Å²) in [7, 11) is -8.99. The average Bonchev–Trinajstić information content (AvgIpc) is 2.52. The molecular formula is C15H22F3O7PS. The molecule has 0 aliphatic carbocycles. The summed E-state index contributed by atoms with van der Waals surface area (Å²) in [5, 5.41) is 0. The highest BCUT2D eigenvalue weighted by Crippen LogP contribution is 2.50. The van der Waals surface area contributed by atoms with E-state index in [9.17, 15) is 26.2 Å². The zero-order valence-corrected chi connectivity index (χ0v) is 17.0. The van der Waals surface area contributed by atoms with Crippen LogP contribution in [0.2, 0.25) is 0 Å². The summed E-state index contributed by atoms with van der Waals surface area (Å²) in [6.45, 7) is 5.90. The van der Waals surface area contributed by atoms with Crippen LogP contribution in [0.3, 0.4) is 0 Å². The molecule has 0 fully saturated rings. The van der Waals surface area contributed by atoms with Gasteiger partial charge in [-0.1, -0.05) is 6.07 Å². The van der Waals surface area contributed by atoms with E-state index in [-0.39, 0.29) is 13.2 Å². The topological polar surface area (TPSA) is 88.1 Å². The van der Waals surface area contributed by atoms with Crippen LogP contribution in [-0.4, -0.2) is 34.1 Å². The molecule has 0 heterocycles. The number of hydrogen-bond donors (Lipinski definition) is 0. The van der Waals surface area contributed by atoms with Gasteiger partial charge < -0.3 is 13.8 Å². The number of hydrogen-bond acceptors (Lipinski definition) is 7. The standard InChI is InChI=1S/C15H22F3O7PS/c1-5-22-13-9-7-8-12(15(16,17)18)14(13)27(20,21)24-10-26(19,23-6-2)25-11(3)4/h7-9,11H,5-6,10H2,1-4H3. The van der Waals surface area contributed by atoms with Gasteiger partial charge in [-0.25, -0.2) is 0 Å². The zero-order chi connectivity index (χ0) is 20.9. The third-order valence-electron chi connectivity index (χ3n) is 2.90. The number of alkyl halides is 3. The third-order valence-corrected chi connectivity index (χ3v) is 6.26. The first-order chi connectivity index (χ1) is 12.4. The molecule has 0 amide bonds. The second-order valence-corrected chi connectivity index (χ2v) is 8.95. The predicted octanol–water partition coefficient (Wildman–Crippen LogP) is 4.42. The fourth-order valence-electron chi connectivity index (χ4n) is 2.07. The van der Waals surface area contributed by atoms with Crippen molar-refractivity contribution in [3.63, 3.8) is 0 Å². The Kier molecular flexibility index (Phi) is 8.31. The van der Waals surface area contributed by atoms with Gasteiger partial charge in [0, 0.05) is 0 Å². The minimum absolute atomic E-state index is 0.0717. The van der Waals surface area contributed by atoms with Crippen LogP contribution in [0.15, 0.2) is 23.1 Å². The van der Waals surface area contributed by atoms with Crippen LogP contribution in [0.25, 0.3) is 0 Å². The molecule has 0 saturated heterocycles. The SMILES string of the molecule is CCOc1cccc(C(F)(F)F)c1S(=O)(=O)OCP(=O)(OCC)OC(C)C. The van der Waals surface area contributed by atoms with Crippen molar-refractivity contribution in [2.75, 3.05) is 19.6 Å². The fraction of sp³-hybridized carbons (Fsp3) is 0.600. The van der Waals surface area contributed by atoms with E-state index < -0.39 is 52.6 Å². The summed E-state index contributed by atoms with van der Waals surface area (Å²) in [4.78, 5) is -1.19. The maximum absolute atomic E-state index is 13.3. The van der Waals surface area contributed by atoms with E-state index in [1.54, 1.807) is 0 Å². The van der Waals surface area contributed by atoms with E-state index in [0.717, 1.165) is 12.1 Å². The van der Waals surface area contributed by atoms with Gasteiger partial charge in [0.1, 0.15) is 10.6 Å². The molecule has 7 nitrogen and oxygen atoms in total. The normalized spacial score (nSPS) is 15.0. The number of rotatable bonds is 10. The number of benzene rings is 1. The highest BCUT2D eigenvalue weighted by atomic mass is 32.2. The summed E-state index contributed by atoms with van der Waals surface area (Å²) in [6.07, 6.45) is -6.63. The Morgan fingerprint density at radius 1 is 1.15 bits per heavy atom. The van der Waals surface area contributed by atoms with E-state index in [1.165, 1.54) is 27.7 Å². The van der Waals surface area contributed by atoms with Crippen LogP contribution in [0.5, 0.6) is 5.75 Å². The van der Waals surface area contributed by atoms with Crippen molar-refractivity contribution in [3.05, 3.63) is 23.8 Å². The summed E-state index contributed by atoms with van der Waals surface area (Å²) in [5.74, 6) is -0.525. The van der Waals surface area contributed by atoms with Gasteiger partial charge in [-0.05, 0) is 39.8 Å². The maximum Gasteiger partial charge on any atom is 0.417 e. The molecule has 1 aromatic rings. The first kappa shape index (κ1) is 23.9. The van der Waals surface area contributed by atoms with Crippen molar-refractivity contribution in [2.24, 2.45) is 0 Å². The number of halogens is 3. The highest BCUT2D eigenvalue weighted by molar-refractivity contribution is 7.87. The fourth-order valence-corrected chi connectivity index (χ4v) is 5.32. The van der Waals surface area contributed by atoms with Gasteiger partial charge in [0.05, 0.1) is 24.9 Å². The van der Waals surface area contributed by atoms with E-state index in [4.69, 9.17) is 13.8 Å². The molecule has 0 spiro atoms. The lowest BCUT2D eigenvalue weighted by atomic mass is 10.2. The first-order valence-corrected chi connectivity index (χ1v) is 11.1. The summed E-state index contributed by atoms with van der Waals surface area (Å²) >= 11 is 0. The molecule has 27 heavy (non-hydrogen) atoms. The summed E-state index contributed by atoms with van der Waals surface area (Å²) < 4.78 is 97.0. The minimum atomic E-state index is -4.99. The molecule has 0 aliphatic rings. The van der Waals surface area contributed by atoms with E-state index in [1.807, 2.05) is 0 Å². The molecule has 1 aromatic carbocycles. The Morgan fingerprint density at radius 2 is 1.78 bits per heavy atom. The van der Waals surface area contributed by atoms with Gasteiger partial charge in [0.15, 0.2) is 6.35 Å². The smallest absolute Gasteiger partial charge is 0.417 e. The maximum atomic E-state index is 13.3. The van der Waals surface area contributed by atoms with Crippen molar-refractivity contribution in [3.8, 4) is 5.75 Å². The van der Waals surface area contributed by atoms with Crippen molar-refractivity contribution >= 4 is 17.7 Å². The second-order valence-electron chi connectivity index (χ2n) is 5.45. The Morgan fingerprint density at radius 3 is 2.26 bits per heavy atom. The van der Waals surface area contributed by atoms with Gasteiger partial charge in [-0.15, -0.1) is 0 Å². The van der Waals surface area contributed by atoms with Crippen LogP contribution >= 0.6 is 7.60 Å². The van der Waals surface area contributed by atoms with Crippen molar-refractivity contribution in [1.29, 1.82) is 0 Å². The molecule has 0 saturated carbocycles. The number of ether oxygens (including phenoxy) is 1. The summed E-state index contributed by atoms with van der Waals surface area (Å²) in [6, 6.07) is 2.67. The van der Waals surface area contributed by atoms with Gasteiger partial charge in [-0.2, -0.15) is 21.6 Å². The van der Waals surface area contributed by atoms with Crippen LogP contribution in [0.4, 0.5) is 13.2 Å². The Labute approximate surface area is 156 Å². The highest BCUT2D eigenvalue weighted by Gasteiger charge is 2.41. The predicted molar refractivity (Wildman–Crippen MR) is 91.2 cm³/mol. The van der Waals surface area contributed by atoms with Crippen LogP contribution in [-0.2, 0) is 34.1 Å². The average molecular weight is 434 g/mol. The Bertz CT molecular complexity index is 778. The molecule has 0 bridgehead atoms. The lowest BCUT2D eigenvalue weighted by Gasteiger charge is -2.21. The molecule has 156 valence electrons. The molecular weight excluding hydrogens is 412 g/mol. The van der Waals surface area contributed by atoms with Gasteiger partial charge in [0.25, 0.3) is 0 Å². The summed E-state index contributed by atoms with van der Waals surface area (Å²) in [5.41, 5.74) is -1.45. The molecule has 1 unspecified atom stereocenters. The van der Waals surface area contributed by atoms with Crippen LogP contribution in [0.1, 0.15) is 33.3 Å². The molecule has 0 aromatic heterocycles. The lowest BCUT2D eigenvalue weighted by Crippen LogP contribution is -2.18. The third kappa shape index (κ3) is 6.76. The van der Waals surface area contributed by atoms with Crippen LogP contribution in [0, 0.1) is 0 Å². The molecule has 0 aliphatic heterocycles. The molecule has 0 N–H and O–H groups in total. The van der Waals surface area contributed by atoms with E-state index >= 15 is 0 Å². The molecule has 12 heteroatoms. The second kappa shape index (κ2) is 9.38. The van der Waals surface area contributed by atoms with Crippen molar-refractivity contribution < 1.29 is 44.1 Å². The van der Waals surface area contributed by atoms with Crippen LogP contribution < -0.4 is 4.74 Å². The molecule has 0 radical (unpaired) electrons. The van der Waals surface area contributed by atoms with Crippen molar-refractivity contribution in [2.45, 2.75) is 44.9 Å². The Hall–Kier alpha value is -1.13. The minimum Gasteiger partial charge on any atom is -0.492 e. The van der Waals surface area contributed by atoms with Gasteiger partial charge in [-0.3, -0.25) is 8.75 Å². The Balaban J connectivity index is 3.32. The quantitative estimate of drug-likeness (QED) is 0.398. The lowest BCUT2D eigenvalue weighted by molar-refractivity contribution is -0.140. The van der Waals surface area contributed by atoms with Gasteiger partial charge in [0.2, 0.25) is 0 Å². The zero-order valence-electron chi connectivity index (χ0n) is 15.3. The van der Waals surface area contributed by atoms with Gasteiger partial charge >= 0.3 is 23.9 Å². The van der Waals surface area contributed by atoms with E-state index in [2.05, 4.69) is 4.18 Å². The molecule has 1 rings (SSSR count).